The summed E-state index contributed by atoms with van der Waals surface area (Å²) in [6, 6.07) is 22.2. The van der Waals surface area contributed by atoms with Crippen LogP contribution in [0, 0.1) is 13.8 Å². The van der Waals surface area contributed by atoms with Gasteiger partial charge in [0.15, 0.2) is 0 Å². The van der Waals surface area contributed by atoms with Crippen molar-refractivity contribution in [3.05, 3.63) is 101 Å². The molecule has 3 aromatic rings. The number of aryl methyl sites for hydroxylation is 2. The van der Waals surface area contributed by atoms with Gasteiger partial charge >= 0.3 is 5.97 Å². The zero-order valence-electron chi connectivity index (χ0n) is 18.1. The maximum Gasteiger partial charge on any atom is 0.328 e. The molecule has 0 heterocycles. The number of carbonyl (C=O) groups is 2. The van der Waals surface area contributed by atoms with E-state index < -0.39 is 12.0 Å². The average Bonchev–Trinajstić information content (AvgIpc) is 2.77. The molecule has 0 saturated heterocycles. The third-order valence-electron chi connectivity index (χ3n) is 4.89. The highest BCUT2D eigenvalue weighted by Crippen LogP contribution is 2.16. The summed E-state index contributed by atoms with van der Waals surface area (Å²) in [7, 11) is 1.32. The van der Waals surface area contributed by atoms with Crippen LogP contribution in [0.5, 0.6) is 5.75 Å². The van der Waals surface area contributed by atoms with E-state index in [1.807, 2.05) is 74.5 Å². The molecular weight excluding hydrogens is 390 g/mol. The smallest absolute Gasteiger partial charge is 0.328 e. The SMILES string of the molecule is COC(=O)[C@H](Cc1ccc(OCc2ccccc2)cc1)NC(=O)c1cc(C)cc(C)c1. The number of hydrogen-bond donors (Lipinski definition) is 1. The number of benzene rings is 3. The maximum absolute atomic E-state index is 12.7. The van der Waals surface area contributed by atoms with E-state index in [1.54, 1.807) is 12.1 Å². The molecule has 0 spiro atoms. The molecule has 3 aromatic carbocycles. The predicted molar refractivity (Wildman–Crippen MR) is 120 cm³/mol. The Morgan fingerprint density at radius 2 is 1.52 bits per heavy atom. The van der Waals surface area contributed by atoms with Crippen LogP contribution in [0.2, 0.25) is 0 Å². The van der Waals surface area contributed by atoms with Crippen LogP contribution in [0.15, 0.2) is 72.8 Å². The highest BCUT2D eigenvalue weighted by Gasteiger charge is 2.23. The third kappa shape index (κ3) is 6.44. The molecule has 0 radical (unpaired) electrons. The molecule has 0 saturated carbocycles. The average molecular weight is 418 g/mol. The quantitative estimate of drug-likeness (QED) is 0.552. The number of esters is 1. The molecule has 3 rings (SSSR count). The van der Waals surface area contributed by atoms with Crippen LogP contribution in [-0.2, 0) is 22.6 Å². The number of hydrogen-bond acceptors (Lipinski definition) is 4. The zero-order valence-corrected chi connectivity index (χ0v) is 18.1. The van der Waals surface area contributed by atoms with Gasteiger partial charge in [-0.15, -0.1) is 0 Å². The van der Waals surface area contributed by atoms with Crippen LogP contribution in [-0.4, -0.2) is 25.0 Å². The second-order valence-electron chi connectivity index (χ2n) is 7.55. The second-order valence-corrected chi connectivity index (χ2v) is 7.55. The Bertz CT molecular complexity index is 1010. The van der Waals surface area contributed by atoms with Crippen molar-refractivity contribution in [2.75, 3.05) is 7.11 Å². The molecule has 0 fully saturated rings. The lowest BCUT2D eigenvalue weighted by atomic mass is 10.0. The molecule has 0 aliphatic heterocycles. The van der Waals surface area contributed by atoms with E-state index in [2.05, 4.69) is 5.32 Å². The fourth-order valence-corrected chi connectivity index (χ4v) is 3.38. The Hall–Kier alpha value is -3.60. The van der Waals surface area contributed by atoms with E-state index in [0.717, 1.165) is 28.0 Å². The summed E-state index contributed by atoms with van der Waals surface area (Å²) in [4.78, 5) is 25.0. The van der Waals surface area contributed by atoms with Gasteiger partial charge in [0, 0.05) is 12.0 Å². The molecule has 1 N–H and O–H groups in total. The summed E-state index contributed by atoms with van der Waals surface area (Å²) in [5.74, 6) is -0.0476. The van der Waals surface area contributed by atoms with Crippen molar-refractivity contribution >= 4 is 11.9 Å². The predicted octanol–water partition coefficient (Wildman–Crippen LogP) is 4.40. The van der Waals surface area contributed by atoms with E-state index in [0.29, 0.717) is 18.6 Å². The Balaban J connectivity index is 1.65. The van der Waals surface area contributed by atoms with Crippen molar-refractivity contribution < 1.29 is 19.1 Å². The largest absolute Gasteiger partial charge is 0.489 e. The van der Waals surface area contributed by atoms with E-state index >= 15 is 0 Å². The highest BCUT2D eigenvalue weighted by atomic mass is 16.5. The van der Waals surface area contributed by atoms with Gasteiger partial charge in [0.2, 0.25) is 0 Å². The van der Waals surface area contributed by atoms with Crippen LogP contribution >= 0.6 is 0 Å². The van der Waals surface area contributed by atoms with Crippen molar-refractivity contribution in [2.24, 2.45) is 0 Å². The molecule has 5 nitrogen and oxygen atoms in total. The topological polar surface area (TPSA) is 64.6 Å². The molecule has 160 valence electrons. The van der Waals surface area contributed by atoms with Crippen LogP contribution < -0.4 is 10.1 Å². The number of amides is 1. The standard InChI is InChI=1S/C26H27NO4/c1-18-13-19(2)15-22(14-18)25(28)27-24(26(29)30-3)16-20-9-11-23(12-10-20)31-17-21-7-5-4-6-8-21/h4-15,24H,16-17H2,1-3H3,(H,27,28)/t24-/m0/s1. The summed E-state index contributed by atoms with van der Waals surface area (Å²) < 4.78 is 10.7. The molecule has 0 aromatic heterocycles. The lowest BCUT2D eigenvalue weighted by Gasteiger charge is -2.17. The van der Waals surface area contributed by atoms with Gasteiger partial charge in [-0.1, -0.05) is 59.7 Å². The van der Waals surface area contributed by atoms with E-state index in [4.69, 9.17) is 9.47 Å². The van der Waals surface area contributed by atoms with Crippen LogP contribution in [0.25, 0.3) is 0 Å². The molecule has 5 heteroatoms. The number of nitrogens with one attached hydrogen (secondary N) is 1. The van der Waals surface area contributed by atoms with Crippen LogP contribution in [0.1, 0.15) is 32.6 Å². The minimum atomic E-state index is -0.783. The molecule has 1 amide bonds. The monoisotopic (exact) mass is 417 g/mol. The highest BCUT2D eigenvalue weighted by molar-refractivity contribution is 5.97. The Morgan fingerprint density at radius 3 is 2.13 bits per heavy atom. The minimum Gasteiger partial charge on any atom is -0.489 e. The number of rotatable bonds is 8. The molecule has 0 unspecified atom stereocenters. The fourth-order valence-electron chi connectivity index (χ4n) is 3.38. The summed E-state index contributed by atoms with van der Waals surface area (Å²) in [6.07, 6.45) is 0.322. The van der Waals surface area contributed by atoms with Crippen molar-refractivity contribution in [1.82, 2.24) is 5.32 Å². The van der Waals surface area contributed by atoms with Gasteiger partial charge in [-0.25, -0.2) is 4.79 Å². The lowest BCUT2D eigenvalue weighted by Crippen LogP contribution is -2.43. The van der Waals surface area contributed by atoms with Crippen LogP contribution in [0.4, 0.5) is 0 Å². The van der Waals surface area contributed by atoms with E-state index in [1.165, 1.54) is 7.11 Å². The van der Waals surface area contributed by atoms with Gasteiger partial charge in [0.25, 0.3) is 5.91 Å². The van der Waals surface area contributed by atoms with Gasteiger partial charge in [-0.05, 0) is 49.2 Å². The first-order chi connectivity index (χ1) is 14.9. The minimum absolute atomic E-state index is 0.301. The number of carbonyl (C=O) groups excluding carboxylic acids is 2. The Labute approximate surface area is 183 Å². The summed E-state index contributed by atoms with van der Waals surface area (Å²) in [5.41, 5.74) is 4.49. The second kappa shape index (κ2) is 10.4. The van der Waals surface area contributed by atoms with Crippen molar-refractivity contribution in [3.63, 3.8) is 0 Å². The lowest BCUT2D eigenvalue weighted by molar-refractivity contribution is -0.142. The van der Waals surface area contributed by atoms with E-state index in [-0.39, 0.29) is 5.91 Å². The first kappa shape index (κ1) is 22.1. The van der Waals surface area contributed by atoms with Gasteiger partial charge in [-0.3, -0.25) is 4.79 Å². The van der Waals surface area contributed by atoms with Crippen molar-refractivity contribution in [1.29, 1.82) is 0 Å². The number of ether oxygens (including phenoxy) is 2. The number of methoxy groups -OCH3 is 1. The molecule has 0 aliphatic rings. The molecule has 31 heavy (non-hydrogen) atoms. The summed E-state index contributed by atoms with van der Waals surface area (Å²) >= 11 is 0. The van der Waals surface area contributed by atoms with Crippen molar-refractivity contribution in [3.8, 4) is 5.75 Å². The van der Waals surface area contributed by atoms with Gasteiger partial charge in [0.1, 0.15) is 18.4 Å². The zero-order chi connectivity index (χ0) is 22.2. The third-order valence-corrected chi connectivity index (χ3v) is 4.89. The molecule has 1 atom stereocenters. The summed E-state index contributed by atoms with van der Waals surface area (Å²) in [5, 5.41) is 2.80. The summed E-state index contributed by atoms with van der Waals surface area (Å²) in [6.45, 7) is 4.35. The first-order valence-electron chi connectivity index (χ1n) is 10.2. The van der Waals surface area contributed by atoms with Crippen LogP contribution in [0.3, 0.4) is 0 Å². The first-order valence-corrected chi connectivity index (χ1v) is 10.2. The normalized spacial score (nSPS) is 11.5. The van der Waals surface area contributed by atoms with Gasteiger partial charge in [0.05, 0.1) is 7.11 Å². The Kier molecular flexibility index (Phi) is 7.44. The molecule has 0 aliphatic carbocycles. The Morgan fingerprint density at radius 1 is 0.871 bits per heavy atom. The fraction of sp³-hybridized carbons (Fsp3) is 0.231. The maximum atomic E-state index is 12.7. The van der Waals surface area contributed by atoms with Gasteiger partial charge < -0.3 is 14.8 Å². The van der Waals surface area contributed by atoms with Gasteiger partial charge in [-0.2, -0.15) is 0 Å². The molecule has 0 bridgehead atoms. The van der Waals surface area contributed by atoms with E-state index in [9.17, 15) is 9.59 Å². The molecular formula is C26H27NO4. The van der Waals surface area contributed by atoms with Crippen molar-refractivity contribution in [2.45, 2.75) is 32.9 Å².